The molecule has 3 aromatic heterocycles. The summed E-state index contributed by atoms with van der Waals surface area (Å²) in [7, 11) is 0. The summed E-state index contributed by atoms with van der Waals surface area (Å²) in [4.78, 5) is 56.1. The molecule has 1 saturated heterocycles. The molecule has 0 aliphatic carbocycles. The maximum atomic E-state index is 13.1. The zero-order valence-corrected chi connectivity index (χ0v) is 21.3. The molecular weight excluding hydrogens is 532 g/mol. The summed E-state index contributed by atoms with van der Waals surface area (Å²) >= 11 is 1.34. The minimum Gasteiger partial charge on any atom is -0.477 e. The lowest BCUT2D eigenvalue weighted by atomic mass is 10.0. The Hall–Kier alpha value is -4.66. The number of carbonyl (C=O) groups excluding carboxylic acids is 3. The van der Waals surface area contributed by atoms with Crippen molar-refractivity contribution in [3.63, 3.8) is 0 Å². The number of aromatic amines is 1. The van der Waals surface area contributed by atoms with E-state index in [9.17, 15) is 24.3 Å². The lowest BCUT2D eigenvalue weighted by Crippen LogP contribution is -2.71. The summed E-state index contributed by atoms with van der Waals surface area (Å²) in [6, 6.07) is 4.06. The topological polar surface area (TPSA) is 180 Å². The Balaban J connectivity index is 1.31. The highest BCUT2D eigenvalue weighted by Crippen LogP contribution is 2.40. The molecule has 1 unspecified atom stereocenters. The molecule has 39 heavy (non-hydrogen) atoms. The van der Waals surface area contributed by atoms with Crippen LogP contribution in [0.3, 0.4) is 0 Å². The zero-order valence-electron chi connectivity index (χ0n) is 20.5. The first-order chi connectivity index (χ1) is 18.9. The smallest absolute Gasteiger partial charge is 0.352 e. The number of β-lactam (4-membered cyclic amide) rings is 1. The molecular formula is C24H23N6O8S+. The number of ether oxygens (including phenoxy) is 1. The lowest BCUT2D eigenvalue weighted by Gasteiger charge is -2.49. The molecule has 0 aromatic carbocycles. The van der Waals surface area contributed by atoms with Crippen molar-refractivity contribution in [3.05, 3.63) is 60.0 Å². The van der Waals surface area contributed by atoms with Crippen LogP contribution in [0.2, 0.25) is 0 Å². The van der Waals surface area contributed by atoms with Gasteiger partial charge in [-0.25, -0.2) is 14.2 Å². The molecule has 1 fully saturated rings. The minimum absolute atomic E-state index is 0.103. The molecule has 3 aromatic rings. The number of pyridine rings is 1. The summed E-state index contributed by atoms with van der Waals surface area (Å²) in [6.45, 7) is 1.54. The highest BCUT2D eigenvalue weighted by molar-refractivity contribution is 8.00. The van der Waals surface area contributed by atoms with Gasteiger partial charge in [-0.3, -0.25) is 19.6 Å². The lowest BCUT2D eigenvalue weighted by molar-refractivity contribution is -0.687. The van der Waals surface area contributed by atoms with Gasteiger partial charge in [-0.1, -0.05) is 5.16 Å². The number of hydrogen-bond donors (Lipinski definition) is 3. The van der Waals surface area contributed by atoms with Gasteiger partial charge in [-0.05, 0) is 19.1 Å². The van der Waals surface area contributed by atoms with Gasteiger partial charge >= 0.3 is 11.9 Å². The number of aliphatic carboxylic acids is 1. The average Bonchev–Trinajstić information content (AvgIpc) is 3.61. The molecule has 2 atom stereocenters. The summed E-state index contributed by atoms with van der Waals surface area (Å²) in [5, 5.41) is 22.9. The van der Waals surface area contributed by atoms with E-state index in [4.69, 9.17) is 14.0 Å². The van der Waals surface area contributed by atoms with E-state index in [-0.39, 0.29) is 30.3 Å². The van der Waals surface area contributed by atoms with E-state index in [1.165, 1.54) is 28.9 Å². The maximum absolute atomic E-state index is 13.1. The Morgan fingerprint density at radius 2 is 2.21 bits per heavy atom. The molecule has 0 spiro atoms. The number of oxime groups is 1. The van der Waals surface area contributed by atoms with Gasteiger partial charge in [0.25, 0.3) is 11.8 Å². The molecule has 2 aliphatic heterocycles. The third-order valence-electron chi connectivity index (χ3n) is 5.97. The predicted molar refractivity (Wildman–Crippen MR) is 134 cm³/mol. The number of rotatable bonds is 10. The predicted octanol–water partition coefficient (Wildman–Crippen LogP) is 0.166. The second-order valence-corrected chi connectivity index (χ2v) is 9.57. The first kappa shape index (κ1) is 26.0. The van der Waals surface area contributed by atoms with Crippen LogP contribution in [-0.4, -0.2) is 80.1 Å². The standard InChI is InChI=1S/C24H22N6O8S/c1-2-36-17(31)11-38-28-18(15-3-6-25-27-15)21(32)26-19-22(33)30-20(24(34)35)14(12-39-23(19)30)10-29-7-4-16-13(9-29)5-8-37-16/h3-9,19,23H,2,10-12H2,1H3,(H2-,25,26,27,28,32,34,35)/p+1/t19?,23-/m0/s1. The first-order valence-electron chi connectivity index (χ1n) is 11.8. The van der Waals surface area contributed by atoms with Gasteiger partial charge in [-0.2, -0.15) is 5.10 Å². The van der Waals surface area contributed by atoms with Gasteiger partial charge in [-0.15, -0.1) is 11.8 Å². The van der Waals surface area contributed by atoms with Crippen LogP contribution in [0.15, 0.2) is 63.9 Å². The molecule has 0 bridgehead atoms. The molecule has 2 amide bonds. The van der Waals surface area contributed by atoms with Gasteiger partial charge in [0.2, 0.25) is 6.61 Å². The van der Waals surface area contributed by atoms with Gasteiger partial charge in [0.1, 0.15) is 22.7 Å². The maximum Gasteiger partial charge on any atom is 0.352 e. The van der Waals surface area contributed by atoms with Gasteiger partial charge in [0, 0.05) is 23.6 Å². The monoisotopic (exact) mass is 555 g/mol. The van der Waals surface area contributed by atoms with Crippen LogP contribution in [0.5, 0.6) is 0 Å². The van der Waals surface area contributed by atoms with Crippen molar-refractivity contribution in [1.29, 1.82) is 0 Å². The average molecular weight is 556 g/mol. The molecule has 14 nitrogen and oxygen atoms in total. The number of carbonyl (C=O) groups is 4. The van der Waals surface area contributed by atoms with Crippen molar-refractivity contribution in [2.45, 2.75) is 24.9 Å². The molecule has 0 saturated carbocycles. The van der Waals surface area contributed by atoms with Crippen molar-refractivity contribution < 1.29 is 42.8 Å². The van der Waals surface area contributed by atoms with Crippen LogP contribution in [0, 0.1) is 0 Å². The molecule has 3 N–H and O–H groups in total. The minimum atomic E-state index is -1.23. The van der Waals surface area contributed by atoms with Crippen molar-refractivity contribution in [3.8, 4) is 0 Å². The molecule has 5 rings (SSSR count). The summed E-state index contributed by atoms with van der Waals surface area (Å²) in [5.74, 6) is -2.89. The fraction of sp³-hybridized carbons (Fsp3) is 0.292. The number of thioether (sulfide) groups is 1. The Morgan fingerprint density at radius 1 is 1.36 bits per heavy atom. The van der Waals surface area contributed by atoms with Crippen LogP contribution in [0.25, 0.3) is 11.0 Å². The quantitative estimate of drug-likeness (QED) is 0.103. The highest BCUT2D eigenvalue weighted by Gasteiger charge is 2.54. The van der Waals surface area contributed by atoms with Crippen molar-refractivity contribution in [2.24, 2.45) is 5.16 Å². The third kappa shape index (κ3) is 5.20. The second kappa shape index (κ2) is 11.0. The SMILES string of the molecule is CCOC(=O)CON=C(C(=O)NC1C(=O)N2C(C(=O)O)=C(C[n+]3ccc4occc4c3)CS[C@@H]12)c1ccn[nH]1. The van der Waals surface area contributed by atoms with Crippen molar-refractivity contribution in [2.75, 3.05) is 19.0 Å². The Morgan fingerprint density at radius 3 is 2.95 bits per heavy atom. The van der Waals surface area contributed by atoms with Crippen LogP contribution in [-0.2, 0) is 35.3 Å². The highest BCUT2D eigenvalue weighted by atomic mass is 32.2. The van der Waals surface area contributed by atoms with Crippen LogP contribution in [0.4, 0.5) is 0 Å². The van der Waals surface area contributed by atoms with E-state index in [2.05, 4.69) is 20.7 Å². The molecule has 202 valence electrons. The number of fused-ring (bicyclic) bond motifs is 2. The first-order valence-corrected chi connectivity index (χ1v) is 12.8. The van der Waals surface area contributed by atoms with E-state index in [0.29, 0.717) is 16.9 Å². The van der Waals surface area contributed by atoms with E-state index >= 15 is 0 Å². The fourth-order valence-corrected chi connectivity index (χ4v) is 5.58. The number of amides is 2. The Bertz CT molecular complexity index is 1500. The third-order valence-corrected chi connectivity index (χ3v) is 7.31. The summed E-state index contributed by atoms with van der Waals surface area (Å²) in [6.07, 6.45) is 6.57. The number of nitrogens with one attached hydrogen (secondary N) is 2. The van der Waals surface area contributed by atoms with Crippen molar-refractivity contribution in [1.82, 2.24) is 20.4 Å². The largest absolute Gasteiger partial charge is 0.477 e. The number of furan rings is 1. The van der Waals surface area contributed by atoms with Crippen LogP contribution in [0.1, 0.15) is 12.6 Å². The Kier molecular flexibility index (Phi) is 7.31. The zero-order chi connectivity index (χ0) is 27.5. The number of carboxylic acids is 1. The summed E-state index contributed by atoms with van der Waals surface area (Å²) in [5.41, 5.74) is 1.11. The number of carboxylic acid groups (broad SMARTS) is 1. The number of H-pyrrole nitrogens is 1. The number of nitrogens with zero attached hydrogens (tertiary/aromatic N) is 4. The molecule has 15 heteroatoms. The molecule has 0 radical (unpaired) electrons. The fourth-order valence-electron chi connectivity index (χ4n) is 4.24. The van der Waals surface area contributed by atoms with E-state index in [1.807, 2.05) is 10.8 Å². The number of hydrogen-bond acceptors (Lipinski definition) is 10. The van der Waals surface area contributed by atoms with Crippen molar-refractivity contribution >= 4 is 52.2 Å². The number of aromatic nitrogens is 3. The normalized spacial score (nSPS) is 18.9. The van der Waals surface area contributed by atoms with Crippen LogP contribution < -0.4 is 9.88 Å². The van der Waals surface area contributed by atoms with Crippen LogP contribution >= 0.6 is 11.8 Å². The Labute approximate surface area is 224 Å². The van der Waals surface area contributed by atoms with E-state index < -0.39 is 41.8 Å². The van der Waals surface area contributed by atoms with E-state index in [0.717, 1.165) is 5.39 Å². The molecule has 2 aliphatic rings. The van der Waals surface area contributed by atoms with Gasteiger partial charge in [0.15, 0.2) is 24.7 Å². The van der Waals surface area contributed by atoms with Gasteiger partial charge < -0.3 is 24.4 Å². The van der Waals surface area contributed by atoms with E-state index in [1.54, 1.807) is 31.5 Å². The molecule has 5 heterocycles. The van der Waals surface area contributed by atoms with Gasteiger partial charge in [0.05, 0.1) is 24.0 Å². The second-order valence-electron chi connectivity index (χ2n) is 8.46. The number of esters is 1. The summed E-state index contributed by atoms with van der Waals surface area (Å²) < 4.78 is 11.9.